The Morgan fingerprint density at radius 2 is 1.81 bits per heavy atom. The Morgan fingerprint density at radius 3 is 2.50 bits per heavy atom. The number of carbonyl (C=O) groups is 1. The second-order valence-electron chi connectivity index (χ2n) is 6.33. The maximum atomic E-state index is 12.4. The summed E-state index contributed by atoms with van der Waals surface area (Å²) in [5, 5.41) is 22.6. The molecule has 0 unspecified atom stereocenters. The molecule has 1 amide bonds. The first-order valence-electron chi connectivity index (χ1n) is 8.12. The fraction of sp³-hybridized carbons (Fsp3) is 0.200. The average Bonchev–Trinajstić information content (AvgIpc) is 2.58. The quantitative estimate of drug-likeness (QED) is 0.495. The maximum absolute atomic E-state index is 12.4. The van der Waals surface area contributed by atoms with Gasteiger partial charge in [0.05, 0.1) is 12.0 Å². The predicted octanol–water partition coefficient (Wildman–Crippen LogP) is 3.31. The Hall–Kier alpha value is -3.28. The predicted molar refractivity (Wildman–Crippen MR) is 98.8 cm³/mol. The van der Waals surface area contributed by atoms with Crippen LogP contribution in [0.2, 0.25) is 0 Å². The number of fused-ring (bicyclic) bond motifs is 1. The van der Waals surface area contributed by atoms with Crippen molar-refractivity contribution < 1.29 is 19.4 Å². The van der Waals surface area contributed by atoms with Gasteiger partial charge in [-0.15, -0.1) is 0 Å². The van der Waals surface area contributed by atoms with Crippen LogP contribution in [0.25, 0.3) is 11.0 Å². The zero-order valence-electron chi connectivity index (χ0n) is 14.7. The number of phenolic OH excluding ortho intramolecular Hbond substituents is 2. The van der Waals surface area contributed by atoms with E-state index in [9.17, 15) is 19.8 Å². The molecule has 0 saturated carbocycles. The number of anilines is 1. The lowest BCUT2D eigenvalue weighted by Crippen LogP contribution is -2.20. The molecule has 3 aromatic rings. The number of phenols is 2. The number of carbonyl (C=O) groups excluding carboxylic acids is 1. The van der Waals surface area contributed by atoms with Gasteiger partial charge in [-0.3, -0.25) is 4.79 Å². The van der Waals surface area contributed by atoms with E-state index in [-0.39, 0.29) is 29.2 Å². The lowest BCUT2D eigenvalue weighted by molar-refractivity contribution is -0.115. The molecule has 3 rings (SSSR count). The summed E-state index contributed by atoms with van der Waals surface area (Å²) in [6.07, 6.45) is -0.154. The first-order valence-corrected chi connectivity index (χ1v) is 8.12. The van der Waals surface area contributed by atoms with Crippen molar-refractivity contribution in [2.24, 2.45) is 0 Å². The minimum absolute atomic E-state index is 0.0918. The van der Waals surface area contributed by atoms with E-state index >= 15 is 0 Å². The van der Waals surface area contributed by atoms with E-state index < -0.39 is 11.4 Å². The fourth-order valence-electron chi connectivity index (χ4n) is 2.82. The van der Waals surface area contributed by atoms with Gasteiger partial charge in [-0.25, -0.2) is 4.79 Å². The van der Waals surface area contributed by atoms with Gasteiger partial charge < -0.3 is 19.9 Å². The molecule has 0 aliphatic carbocycles. The van der Waals surface area contributed by atoms with Crippen LogP contribution in [0.5, 0.6) is 11.5 Å². The molecule has 0 aliphatic rings. The normalized spacial score (nSPS) is 10.9. The number of hydrogen-bond acceptors (Lipinski definition) is 5. The summed E-state index contributed by atoms with van der Waals surface area (Å²) in [4.78, 5) is 24.6. The molecular formula is C20H19NO5. The third-order valence-electron chi connectivity index (χ3n) is 4.54. The summed E-state index contributed by atoms with van der Waals surface area (Å²) in [7, 11) is 0. The van der Waals surface area contributed by atoms with E-state index in [1.54, 1.807) is 13.0 Å². The van der Waals surface area contributed by atoms with Gasteiger partial charge in [-0.05, 0) is 61.7 Å². The van der Waals surface area contributed by atoms with E-state index in [1.165, 1.54) is 12.1 Å². The highest BCUT2D eigenvalue weighted by molar-refractivity contribution is 5.94. The SMILES string of the molecule is Cc1ccc(NC(=O)Cc2c(C)c3ccc(O)c(O)c3oc2=O)cc1C. The van der Waals surface area contributed by atoms with Gasteiger partial charge in [0.25, 0.3) is 0 Å². The van der Waals surface area contributed by atoms with Gasteiger partial charge in [0, 0.05) is 11.1 Å². The van der Waals surface area contributed by atoms with Crippen molar-refractivity contribution >= 4 is 22.6 Å². The lowest BCUT2D eigenvalue weighted by atomic mass is 10.0. The van der Waals surface area contributed by atoms with Crippen LogP contribution in [-0.4, -0.2) is 16.1 Å². The number of amides is 1. The molecule has 0 saturated heterocycles. The topological polar surface area (TPSA) is 99.8 Å². The van der Waals surface area contributed by atoms with Crippen molar-refractivity contribution in [1.82, 2.24) is 0 Å². The Morgan fingerprint density at radius 1 is 1.08 bits per heavy atom. The van der Waals surface area contributed by atoms with Gasteiger partial charge >= 0.3 is 5.63 Å². The zero-order valence-corrected chi connectivity index (χ0v) is 14.7. The molecule has 0 aliphatic heterocycles. The van der Waals surface area contributed by atoms with E-state index in [0.29, 0.717) is 16.6 Å². The van der Waals surface area contributed by atoms with Crippen LogP contribution in [0.3, 0.4) is 0 Å². The summed E-state index contributed by atoms with van der Waals surface area (Å²) in [6, 6.07) is 8.42. The van der Waals surface area contributed by atoms with Crippen LogP contribution >= 0.6 is 0 Å². The van der Waals surface area contributed by atoms with Crippen LogP contribution < -0.4 is 10.9 Å². The summed E-state index contributed by atoms with van der Waals surface area (Å²) < 4.78 is 5.13. The van der Waals surface area contributed by atoms with E-state index in [1.807, 2.05) is 26.0 Å². The third-order valence-corrected chi connectivity index (χ3v) is 4.54. The van der Waals surface area contributed by atoms with Crippen molar-refractivity contribution in [3.8, 4) is 11.5 Å². The highest BCUT2D eigenvalue weighted by Gasteiger charge is 2.18. The number of benzene rings is 2. The summed E-state index contributed by atoms with van der Waals surface area (Å²) in [5.74, 6) is -1.21. The van der Waals surface area contributed by atoms with Gasteiger partial charge in [-0.1, -0.05) is 6.07 Å². The largest absolute Gasteiger partial charge is 0.504 e. The molecule has 0 radical (unpaired) electrons. The molecule has 6 nitrogen and oxygen atoms in total. The Bertz CT molecular complexity index is 1080. The average molecular weight is 353 g/mol. The Kier molecular flexibility index (Phi) is 4.42. The molecule has 134 valence electrons. The summed E-state index contributed by atoms with van der Waals surface area (Å²) in [6.45, 7) is 5.61. The number of aromatic hydroxyl groups is 2. The molecule has 0 fully saturated rings. The van der Waals surface area contributed by atoms with Crippen molar-refractivity contribution in [2.45, 2.75) is 27.2 Å². The molecule has 0 spiro atoms. The van der Waals surface area contributed by atoms with Crippen LogP contribution in [0.15, 0.2) is 39.5 Å². The molecular weight excluding hydrogens is 334 g/mol. The molecule has 3 N–H and O–H groups in total. The monoisotopic (exact) mass is 353 g/mol. The minimum atomic E-state index is -0.717. The standard InChI is InChI=1S/C20H19NO5/c1-10-4-5-13(8-11(10)2)21-17(23)9-15-12(3)14-6-7-16(22)18(24)19(14)26-20(15)25/h4-8,22,24H,9H2,1-3H3,(H,21,23). The smallest absolute Gasteiger partial charge is 0.340 e. The van der Waals surface area contributed by atoms with Crippen LogP contribution in [-0.2, 0) is 11.2 Å². The molecule has 6 heteroatoms. The highest BCUT2D eigenvalue weighted by Crippen LogP contribution is 2.34. The van der Waals surface area contributed by atoms with Gasteiger partial charge in [-0.2, -0.15) is 0 Å². The van der Waals surface area contributed by atoms with Gasteiger partial charge in [0.1, 0.15) is 0 Å². The number of nitrogens with one attached hydrogen (secondary N) is 1. The lowest BCUT2D eigenvalue weighted by Gasteiger charge is -2.10. The second kappa shape index (κ2) is 6.55. The van der Waals surface area contributed by atoms with Crippen molar-refractivity contribution in [3.05, 3.63) is 63.0 Å². The molecule has 0 atom stereocenters. The number of rotatable bonds is 3. The summed E-state index contributed by atoms with van der Waals surface area (Å²) >= 11 is 0. The van der Waals surface area contributed by atoms with E-state index in [4.69, 9.17) is 4.42 Å². The second-order valence-corrected chi connectivity index (χ2v) is 6.33. The van der Waals surface area contributed by atoms with Gasteiger partial charge in [0.15, 0.2) is 11.3 Å². The van der Waals surface area contributed by atoms with Gasteiger partial charge in [0.2, 0.25) is 11.7 Å². The fourth-order valence-corrected chi connectivity index (χ4v) is 2.82. The van der Waals surface area contributed by atoms with Crippen LogP contribution in [0.4, 0.5) is 5.69 Å². The zero-order chi connectivity index (χ0) is 19.0. The van der Waals surface area contributed by atoms with E-state index in [0.717, 1.165) is 11.1 Å². The summed E-state index contributed by atoms with van der Waals surface area (Å²) in [5.41, 5.74) is 2.77. The van der Waals surface area contributed by atoms with Crippen molar-refractivity contribution in [3.63, 3.8) is 0 Å². The van der Waals surface area contributed by atoms with Crippen molar-refractivity contribution in [1.29, 1.82) is 0 Å². The third kappa shape index (κ3) is 3.13. The first-order chi connectivity index (χ1) is 12.3. The first kappa shape index (κ1) is 17.5. The molecule has 1 aromatic heterocycles. The van der Waals surface area contributed by atoms with E-state index in [2.05, 4.69) is 5.32 Å². The molecule has 26 heavy (non-hydrogen) atoms. The highest BCUT2D eigenvalue weighted by atomic mass is 16.4. The maximum Gasteiger partial charge on any atom is 0.340 e. The Labute approximate surface area is 149 Å². The molecule has 1 heterocycles. The molecule has 2 aromatic carbocycles. The molecule has 0 bridgehead atoms. The number of hydrogen-bond donors (Lipinski definition) is 3. The van der Waals surface area contributed by atoms with Crippen LogP contribution in [0.1, 0.15) is 22.3 Å². The number of aryl methyl sites for hydroxylation is 3. The minimum Gasteiger partial charge on any atom is -0.504 e. The Balaban J connectivity index is 1.93. The van der Waals surface area contributed by atoms with Crippen molar-refractivity contribution in [2.75, 3.05) is 5.32 Å². The van der Waals surface area contributed by atoms with Crippen LogP contribution in [0, 0.1) is 20.8 Å².